The molecular weight excluding hydrogens is 513 g/mol. The highest BCUT2D eigenvalue weighted by molar-refractivity contribution is 5.32. The average molecular weight is 547 g/mol. The third kappa shape index (κ3) is 8.21. The van der Waals surface area contributed by atoms with Crippen molar-refractivity contribution in [2.45, 2.75) is 45.7 Å². The summed E-state index contributed by atoms with van der Waals surface area (Å²) in [6.07, 6.45) is 0.878. The minimum Gasteiger partial charge on any atom is -0.493 e. The van der Waals surface area contributed by atoms with Gasteiger partial charge in [0.05, 0.1) is 26.9 Å². The zero-order valence-corrected chi connectivity index (χ0v) is 22.0. The van der Waals surface area contributed by atoms with Gasteiger partial charge >= 0.3 is 6.36 Å². The smallest absolute Gasteiger partial charge is 0.493 e. The van der Waals surface area contributed by atoms with Gasteiger partial charge in [-0.25, -0.2) is 9.67 Å². The number of alkyl halides is 3. The van der Waals surface area contributed by atoms with Crippen LogP contribution in [0.2, 0.25) is 0 Å². The molecule has 1 aromatic heterocycles. The Kier molecular flexibility index (Phi) is 9.47. The van der Waals surface area contributed by atoms with Crippen LogP contribution in [0.15, 0.2) is 78.5 Å². The third-order valence-electron chi connectivity index (χ3n) is 6.88. The second kappa shape index (κ2) is 13.0. The van der Waals surface area contributed by atoms with Crippen molar-refractivity contribution in [2.75, 3.05) is 20.3 Å². The van der Waals surface area contributed by atoms with Gasteiger partial charge in [0.25, 0.3) is 0 Å². The van der Waals surface area contributed by atoms with Gasteiger partial charge < -0.3 is 14.2 Å². The van der Waals surface area contributed by atoms with E-state index in [0.29, 0.717) is 32.1 Å². The summed E-state index contributed by atoms with van der Waals surface area (Å²) in [6.45, 7) is 4.13. The minimum absolute atomic E-state index is 0.0104. The van der Waals surface area contributed by atoms with Crippen molar-refractivity contribution in [2.24, 2.45) is 11.3 Å². The highest BCUT2D eigenvalue weighted by Crippen LogP contribution is 2.45. The third-order valence-corrected chi connectivity index (χ3v) is 6.88. The minimum atomic E-state index is -4.74. The first-order valence-corrected chi connectivity index (χ1v) is 12.7. The van der Waals surface area contributed by atoms with E-state index in [-0.39, 0.29) is 17.1 Å². The van der Waals surface area contributed by atoms with Crippen LogP contribution in [0, 0.1) is 11.3 Å². The molecule has 1 aliphatic carbocycles. The maximum absolute atomic E-state index is 12.5. The number of nitrogens with one attached hydrogen (secondary N) is 1. The molecule has 0 fully saturated rings. The van der Waals surface area contributed by atoms with Gasteiger partial charge in [-0.05, 0) is 54.7 Å². The molecule has 3 aromatic rings. The molecule has 1 N–H and O–H groups in total. The molecule has 2 atom stereocenters. The molecule has 0 amide bonds. The maximum Gasteiger partial charge on any atom is 0.573 e. The first-order chi connectivity index (χ1) is 18.8. The second-order valence-electron chi connectivity index (χ2n) is 9.71. The Balaban J connectivity index is 1.48. The summed E-state index contributed by atoms with van der Waals surface area (Å²) in [4.78, 5) is 9.50. The van der Waals surface area contributed by atoms with Crippen molar-refractivity contribution in [3.8, 4) is 11.5 Å². The summed E-state index contributed by atoms with van der Waals surface area (Å²) in [5.74, 6) is 0.168. The highest BCUT2D eigenvalue weighted by atomic mass is 19.4. The van der Waals surface area contributed by atoms with Crippen LogP contribution in [-0.4, -0.2) is 41.5 Å². The summed E-state index contributed by atoms with van der Waals surface area (Å²) in [6, 6.07) is 15.5. The summed E-state index contributed by atoms with van der Waals surface area (Å²) in [7, 11) is 1.58. The van der Waals surface area contributed by atoms with Crippen molar-refractivity contribution in [3.63, 3.8) is 0 Å². The Hall–Kier alpha value is -3.57. The van der Waals surface area contributed by atoms with E-state index >= 15 is 0 Å². The van der Waals surface area contributed by atoms with E-state index in [1.807, 2.05) is 30.3 Å². The standard InChI is InChI=1S/C28H33F3N4O4/c1-27(14-15-37-17-21-6-4-3-5-7-21)13-12-22(25(26(27)34-36-2)16-35-20-32-19-33-35)18-38-23-8-10-24(11-9-23)39-28(29,30)31/h3-11,19-20,22,34H,12-18H2,1-2H3/t22-,27-/m0/s1. The number of hydrogen-bond donors (Lipinski definition) is 1. The SMILES string of the molecule is CONC1=C(Cn2cncn2)[C@H](COc2ccc(OC(F)(F)F)cc2)CC[C@@]1(C)CCOCc1ccccc1. The Morgan fingerprint density at radius 1 is 1.08 bits per heavy atom. The molecule has 0 unspecified atom stereocenters. The Bertz CT molecular complexity index is 1190. The Labute approximate surface area is 225 Å². The van der Waals surface area contributed by atoms with Crippen LogP contribution in [0.4, 0.5) is 13.2 Å². The molecule has 210 valence electrons. The van der Waals surface area contributed by atoms with Crippen molar-refractivity contribution in [3.05, 3.63) is 84.1 Å². The largest absolute Gasteiger partial charge is 0.573 e. The summed E-state index contributed by atoms with van der Waals surface area (Å²) >= 11 is 0. The normalized spacial score (nSPS) is 19.7. The molecule has 11 heteroatoms. The van der Waals surface area contributed by atoms with Crippen molar-refractivity contribution in [1.82, 2.24) is 20.2 Å². The van der Waals surface area contributed by atoms with Gasteiger partial charge in [-0.1, -0.05) is 37.3 Å². The lowest BCUT2D eigenvalue weighted by atomic mass is 9.69. The van der Waals surface area contributed by atoms with E-state index in [1.165, 1.54) is 30.6 Å². The van der Waals surface area contributed by atoms with Crippen LogP contribution >= 0.6 is 0 Å². The highest BCUT2D eigenvalue weighted by Gasteiger charge is 2.39. The second-order valence-corrected chi connectivity index (χ2v) is 9.71. The number of rotatable bonds is 13. The lowest BCUT2D eigenvalue weighted by Crippen LogP contribution is -2.39. The zero-order chi connectivity index (χ0) is 27.7. The number of allylic oxidation sites excluding steroid dienone is 1. The van der Waals surface area contributed by atoms with E-state index < -0.39 is 6.36 Å². The van der Waals surface area contributed by atoms with E-state index in [2.05, 4.69) is 27.2 Å². The lowest BCUT2D eigenvalue weighted by molar-refractivity contribution is -0.274. The molecule has 2 aromatic carbocycles. The topological polar surface area (TPSA) is 79.7 Å². The van der Waals surface area contributed by atoms with Crippen LogP contribution in [0.3, 0.4) is 0 Å². The van der Waals surface area contributed by atoms with Crippen LogP contribution in [0.25, 0.3) is 0 Å². The lowest BCUT2D eigenvalue weighted by Gasteiger charge is -2.41. The van der Waals surface area contributed by atoms with Crippen molar-refractivity contribution >= 4 is 0 Å². The number of hydroxylamine groups is 1. The number of benzene rings is 2. The van der Waals surface area contributed by atoms with Gasteiger partial charge in [0.15, 0.2) is 0 Å². The van der Waals surface area contributed by atoms with E-state index in [0.717, 1.165) is 36.1 Å². The zero-order valence-electron chi connectivity index (χ0n) is 22.0. The molecule has 1 heterocycles. The molecule has 8 nitrogen and oxygen atoms in total. The number of nitrogens with zero attached hydrogens (tertiary/aromatic N) is 3. The Morgan fingerprint density at radius 3 is 2.49 bits per heavy atom. The van der Waals surface area contributed by atoms with Crippen LogP contribution in [0.5, 0.6) is 11.5 Å². The van der Waals surface area contributed by atoms with Crippen LogP contribution in [0.1, 0.15) is 31.7 Å². The van der Waals surface area contributed by atoms with Gasteiger partial charge in [-0.2, -0.15) is 5.10 Å². The molecular formula is C28H33F3N4O4. The summed E-state index contributed by atoms with van der Waals surface area (Å²) in [5, 5.41) is 4.28. The molecule has 0 bridgehead atoms. The van der Waals surface area contributed by atoms with Crippen molar-refractivity contribution < 1.29 is 32.2 Å². The monoisotopic (exact) mass is 546 g/mol. The molecule has 0 saturated heterocycles. The molecule has 0 aliphatic heterocycles. The first kappa shape index (κ1) is 28.4. The van der Waals surface area contributed by atoms with Crippen LogP contribution < -0.4 is 15.0 Å². The van der Waals surface area contributed by atoms with Gasteiger partial charge in [-0.3, -0.25) is 10.3 Å². The quantitative estimate of drug-likeness (QED) is 0.218. The summed E-state index contributed by atoms with van der Waals surface area (Å²) < 4.78 is 55.1. The first-order valence-electron chi connectivity index (χ1n) is 12.7. The average Bonchev–Trinajstić information content (AvgIpc) is 3.42. The molecule has 0 radical (unpaired) electrons. The number of halogens is 3. The number of hydrogen-bond acceptors (Lipinski definition) is 7. The molecule has 1 aliphatic rings. The van der Waals surface area contributed by atoms with E-state index in [4.69, 9.17) is 14.3 Å². The maximum atomic E-state index is 12.5. The molecule has 4 rings (SSSR count). The van der Waals surface area contributed by atoms with Gasteiger partial charge in [0.1, 0.15) is 24.2 Å². The van der Waals surface area contributed by atoms with Gasteiger partial charge in [0, 0.05) is 23.6 Å². The predicted octanol–water partition coefficient (Wildman–Crippen LogP) is 5.68. The van der Waals surface area contributed by atoms with Crippen molar-refractivity contribution in [1.29, 1.82) is 0 Å². The van der Waals surface area contributed by atoms with Gasteiger partial charge in [0.2, 0.25) is 0 Å². The van der Waals surface area contributed by atoms with E-state index in [1.54, 1.807) is 18.1 Å². The predicted molar refractivity (Wildman–Crippen MR) is 137 cm³/mol. The van der Waals surface area contributed by atoms with Gasteiger partial charge in [-0.15, -0.1) is 13.2 Å². The molecule has 0 spiro atoms. The fraction of sp³-hybridized carbons (Fsp3) is 0.429. The fourth-order valence-electron chi connectivity index (χ4n) is 4.80. The molecule has 0 saturated carbocycles. The number of aromatic nitrogens is 3. The number of ether oxygens (including phenoxy) is 3. The summed E-state index contributed by atoms with van der Waals surface area (Å²) in [5.41, 5.74) is 6.04. The fourth-order valence-corrected chi connectivity index (χ4v) is 4.80. The van der Waals surface area contributed by atoms with E-state index in [9.17, 15) is 13.2 Å². The van der Waals surface area contributed by atoms with Crippen LogP contribution in [-0.2, 0) is 22.7 Å². The Morgan fingerprint density at radius 2 is 1.82 bits per heavy atom. The molecule has 39 heavy (non-hydrogen) atoms.